The molecule has 2 heterocycles. The molecule has 2 saturated heterocycles. The van der Waals surface area contributed by atoms with Crippen LogP contribution in [0.2, 0.25) is 5.02 Å². The van der Waals surface area contributed by atoms with Gasteiger partial charge in [0.05, 0.1) is 15.5 Å². The number of rotatable bonds is 3. The zero-order valence-electron chi connectivity index (χ0n) is 12.1. The van der Waals surface area contributed by atoms with Gasteiger partial charge in [0.2, 0.25) is 0 Å². The molecular weight excluding hydrogens is 306 g/mol. The van der Waals surface area contributed by atoms with Crippen LogP contribution in [0.3, 0.4) is 0 Å². The van der Waals surface area contributed by atoms with Gasteiger partial charge in [-0.1, -0.05) is 18.0 Å². The first-order valence-electron chi connectivity index (χ1n) is 7.55. The molecular formula is C15H18ClN3O3. The number of nitrogens with zero attached hydrogens (tertiary/aromatic N) is 2. The number of benzene rings is 1. The Morgan fingerprint density at radius 1 is 1.32 bits per heavy atom. The molecule has 0 aromatic heterocycles. The second-order valence-electron chi connectivity index (χ2n) is 5.89. The largest absolute Gasteiger partial charge is 0.348 e. The summed E-state index contributed by atoms with van der Waals surface area (Å²) in [4.78, 5) is 25.0. The van der Waals surface area contributed by atoms with Crippen LogP contribution >= 0.6 is 11.6 Å². The van der Waals surface area contributed by atoms with Crippen molar-refractivity contribution >= 4 is 23.2 Å². The third-order valence-electron chi connectivity index (χ3n) is 4.58. The van der Waals surface area contributed by atoms with Gasteiger partial charge in [0.15, 0.2) is 0 Å². The van der Waals surface area contributed by atoms with Gasteiger partial charge in [-0.15, -0.1) is 0 Å². The van der Waals surface area contributed by atoms with Crippen molar-refractivity contribution in [2.75, 3.05) is 13.1 Å². The molecule has 2 aliphatic rings. The van der Waals surface area contributed by atoms with Crippen LogP contribution in [0.1, 0.15) is 36.0 Å². The summed E-state index contributed by atoms with van der Waals surface area (Å²) in [7, 11) is 0. The predicted octanol–water partition coefficient (Wildman–Crippen LogP) is 2.60. The lowest BCUT2D eigenvalue weighted by Gasteiger charge is -2.32. The Balaban J connectivity index is 1.71. The number of hydrogen-bond acceptors (Lipinski definition) is 4. The fourth-order valence-corrected chi connectivity index (χ4v) is 3.72. The molecule has 0 saturated carbocycles. The van der Waals surface area contributed by atoms with E-state index >= 15 is 0 Å². The highest BCUT2D eigenvalue weighted by atomic mass is 35.5. The number of halogens is 1. The zero-order valence-corrected chi connectivity index (χ0v) is 12.9. The Hall–Kier alpha value is -1.66. The van der Waals surface area contributed by atoms with Gasteiger partial charge in [0.1, 0.15) is 0 Å². The molecule has 1 amide bonds. The van der Waals surface area contributed by atoms with E-state index in [1.165, 1.54) is 31.0 Å². The SMILES string of the molecule is O=C(N[C@@H]1CCN2CCCC[C@H]12)c1ccc([N+](=O)[O-])cc1Cl. The number of fused-ring (bicyclic) bond motifs is 1. The van der Waals surface area contributed by atoms with Gasteiger partial charge in [-0.2, -0.15) is 0 Å². The van der Waals surface area contributed by atoms with Gasteiger partial charge >= 0.3 is 0 Å². The molecule has 0 aliphatic carbocycles. The van der Waals surface area contributed by atoms with E-state index < -0.39 is 4.92 Å². The van der Waals surface area contributed by atoms with E-state index in [0.29, 0.717) is 11.6 Å². The van der Waals surface area contributed by atoms with Crippen LogP contribution in [0.4, 0.5) is 5.69 Å². The van der Waals surface area contributed by atoms with Crippen molar-refractivity contribution in [1.29, 1.82) is 0 Å². The highest BCUT2D eigenvalue weighted by Crippen LogP contribution is 2.28. The molecule has 2 aliphatic heterocycles. The van der Waals surface area contributed by atoms with Crippen molar-refractivity contribution in [3.05, 3.63) is 38.9 Å². The second kappa shape index (κ2) is 6.22. The van der Waals surface area contributed by atoms with E-state index in [4.69, 9.17) is 11.6 Å². The molecule has 2 atom stereocenters. The van der Waals surface area contributed by atoms with E-state index in [1.807, 2.05) is 0 Å². The van der Waals surface area contributed by atoms with Crippen molar-refractivity contribution in [2.24, 2.45) is 0 Å². The molecule has 0 spiro atoms. The molecule has 2 fully saturated rings. The topological polar surface area (TPSA) is 75.5 Å². The number of hydrogen-bond donors (Lipinski definition) is 1. The molecule has 7 heteroatoms. The fraction of sp³-hybridized carbons (Fsp3) is 0.533. The lowest BCUT2D eigenvalue weighted by atomic mass is 9.99. The number of non-ortho nitro benzene ring substituents is 1. The Morgan fingerprint density at radius 3 is 2.86 bits per heavy atom. The highest BCUT2D eigenvalue weighted by molar-refractivity contribution is 6.34. The maximum absolute atomic E-state index is 12.4. The Labute approximate surface area is 133 Å². The average Bonchev–Trinajstić information content (AvgIpc) is 2.90. The first kappa shape index (κ1) is 15.2. The monoisotopic (exact) mass is 323 g/mol. The van der Waals surface area contributed by atoms with E-state index in [-0.39, 0.29) is 22.7 Å². The maximum Gasteiger partial charge on any atom is 0.270 e. The van der Waals surface area contributed by atoms with E-state index in [1.54, 1.807) is 0 Å². The average molecular weight is 324 g/mol. The van der Waals surface area contributed by atoms with Crippen molar-refractivity contribution in [1.82, 2.24) is 10.2 Å². The smallest absolute Gasteiger partial charge is 0.270 e. The number of carbonyl (C=O) groups is 1. The quantitative estimate of drug-likeness (QED) is 0.685. The third kappa shape index (κ3) is 2.94. The van der Waals surface area contributed by atoms with Gasteiger partial charge in [0, 0.05) is 30.8 Å². The van der Waals surface area contributed by atoms with Gasteiger partial charge < -0.3 is 5.32 Å². The molecule has 118 valence electrons. The van der Waals surface area contributed by atoms with Crippen LogP contribution in [-0.2, 0) is 0 Å². The number of nitrogens with one attached hydrogen (secondary N) is 1. The summed E-state index contributed by atoms with van der Waals surface area (Å²) in [5.41, 5.74) is 0.183. The van der Waals surface area contributed by atoms with E-state index in [2.05, 4.69) is 10.2 Å². The third-order valence-corrected chi connectivity index (χ3v) is 4.89. The zero-order chi connectivity index (χ0) is 15.7. The van der Waals surface area contributed by atoms with Gasteiger partial charge in [-0.3, -0.25) is 19.8 Å². The normalized spacial score (nSPS) is 24.8. The standard InChI is InChI=1S/C15H18ClN3O3/c16-12-9-10(19(21)22)4-5-11(12)15(20)17-13-6-8-18-7-2-1-3-14(13)18/h4-5,9,13-14H,1-3,6-8H2,(H,17,20)/t13-,14-/m1/s1. The van der Waals surface area contributed by atoms with Crippen LogP contribution in [0.25, 0.3) is 0 Å². The summed E-state index contributed by atoms with van der Waals surface area (Å²) >= 11 is 6.02. The first-order valence-corrected chi connectivity index (χ1v) is 7.93. The summed E-state index contributed by atoms with van der Waals surface area (Å²) in [6.45, 7) is 2.12. The number of nitro benzene ring substituents is 1. The van der Waals surface area contributed by atoms with Gasteiger partial charge in [-0.05, 0) is 31.9 Å². The number of piperidine rings is 1. The number of amides is 1. The van der Waals surface area contributed by atoms with Crippen LogP contribution in [0.15, 0.2) is 18.2 Å². The van der Waals surface area contributed by atoms with Crippen molar-refractivity contribution in [3.63, 3.8) is 0 Å². The lowest BCUT2D eigenvalue weighted by Crippen LogP contribution is -2.46. The van der Waals surface area contributed by atoms with Crippen LogP contribution in [0.5, 0.6) is 0 Å². The molecule has 1 N–H and O–H groups in total. The molecule has 3 rings (SSSR count). The molecule has 6 nitrogen and oxygen atoms in total. The minimum atomic E-state index is -0.523. The highest BCUT2D eigenvalue weighted by Gasteiger charge is 2.36. The minimum absolute atomic E-state index is 0.110. The van der Waals surface area contributed by atoms with Crippen LogP contribution < -0.4 is 5.32 Å². The predicted molar refractivity (Wildman–Crippen MR) is 83.2 cm³/mol. The number of carbonyl (C=O) groups excluding carboxylic acids is 1. The maximum atomic E-state index is 12.4. The summed E-state index contributed by atoms with van der Waals surface area (Å²) in [6, 6.07) is 4.50. The van der Waals surface area contributed by atoms with E-state index in [0.717, 1.165) is 25.9 Å². The van der Waals surface area contributed by atoms with Crippen molar-refractivity contribution < 1.29 is 9.72 Å². The van der Waals surface area contributed by atoms with Crippen LogP contribution in [0, 0.1) is 10.1 Å². The van der Waals surface area contributed by atoms with Gasteiger partial charge in [-0.25, -0.2) is 0 Å². The molecule has 1 aromatic carbocycles. The Morgan fingerprint density at radius 2 is 2.14 bits per heavy atom. The molecule has 22 heavy (non-hydrogen) atoms. The molecule has 0 unspecified atom stereocenters. The van der Waals surface area contributed by atoms with Crippen molar-refractivity contribution in [2.45, 2.75) is 37.8 Å². The Bertz CT molecular complexity index is 608. The summed E-state index contributed by atoms with van der Waals surface area (Å²) in [5, 5.41) is 13.9. The lowest BCUT2D eigenvalue weighted by molar-refractivity contribution is -0.384. The minimum Gasteiger partial charge on any atom is -0.348 e. The molecule has 0 radical (unpaired) electrons. The molecule has 1 aromatic rings. The Kier molecular flexibility index (Phi) is 4.31. The fourth-order valence-electron chi connectivity index (χ4n) is 3.46. The first-order chi connectivity index (χ1) is 10.6. The van der Waals surface area contributed by atoms with Crippen LogP contribution in [-0.4, -0.2) is 40.9 Å². The summed E-state index contributed by atoms with van der Waals surface area (Å²) in [6.07, 6.45) is 4.48. The second-order valence-corrected chi connectivity index (χ2v) is 6.30. The van der Waals surface area contributed by atoms with Gasteiger partial charge in [0.25, 0.3) is 11.6 Å². The number of nitro groups is 1. The summed E-state index contributed by atoms with van der Waals surface area (Å²) < 4.78 is 0. The van der Waals surface area contributed by atoms with E-state index in [9.17, 15) is 14.9 Å². The van der Waals surface area contributed by atoms with Crippen molar-refractivity contribution in [3.8, 4) is 0 Å². The summed E-state index contributed by atoms with van der Waals surface area (Å²) in [5.74, 6) is -0.252. The molecule has 0 bridgehead atoms.